The fourth-order valence-corrected chi connectivity index (χ4v) is 2.73. The molecule has 1 saturated carbocycles. The van der Waals surface area contributed by atoms with E-state index in [2.05, 4.69) is 4.90 Å². The number of carboxylic acid groups (broad SMARTS) is 1. The van der Waals surface area contributed by atoms with Crippen LogP contribution in [0.25, 0.3) is 0 Å². The Morgan fingerprint density at radius 2 is 2.06 bits per heavy atom. The van der Waals surface area contributed by atoms with Gasteiger partial charge in [-0.3, -0.25) is 4.79 Å². The Hall–Kier alpha value is -0.610. The molecule has 2 atom stereocenters. The molecule has 0 aromatic rings. The van der Waals surface area contributed by atoms with Gasteiger partial charge in [0.15, 0.2) is 0 Å². The molecule has 1 rings (SSSR count). The lowest BCUT2D eigenvalue weighted by Crippen LogP contribution is -2.41. The van der Waals surface area contributed by atoms with Gasteiger partial charge in [0.05, 0.1) is 5.92 Å². The van der Waals surface area contributed by atoms with Crippen molar-refractivity contribution in [2.24, 2.45) is 5.92 Å². The van der Waals surface area contributed by atoms with E-state index in [1.54, 1.807) is 7.11 Å². The first-order valence-electron chi connectivity index (χ1n) is 6.58. The maximum atomic E-state index is 11.3. The van der Waals surface area contributed by atoms with Gasteiger partial charge in [-0.1, -0.05) is 19.3 Å². The average molecular weight is 243 g/mol. The number of carboxylic acids is 1. The SMILES string of the molecule is COCCCN(C)C1CCCCCC1C(=O)O. The zero-order chi connectivity index (χ0) is 12.7. The molecule has 0 saturated heterocycles. The van der Waals surface area contributed by atoms with Gasteiger partial charge in [-0.2, -0.15) is 0 Å². The number of aliphatic carboxylic acids is 1. The normalized spacial score (nSPS) is 25.8. The second-order valence-electron chi connectivity index (χ2n) is 4.98. The van der Waals surface area contributed by atoms with Crippen molar-refractivity contribution < 1.29 is 14.6 Å². The highest BCUT2D eigenvalue weighted by Gasteiger charge is 2.31. The van der Waals surface area contributed by atoms with Crippen LogP contribution in [-0.4, -0.2) is 49.3 Å². The minimum atomic E-state index is -0.629. The topological polar surface area (TPSA) is 49.8 Å². The number of ether oxygens (including phenoxy) is 1. The highest BCUT2D eigenvalue weighted by Crippen LogP contribution is 2.27. The van der Waals surface area contributed by atoms with Crippen LogP contribution in [0.1, 0.15) is 38.5 Å². The molecule has 0 heterocycles. The number of hydrogen-bond acceptors (Lipinski definition) is 3. The molecular weight excluding hydrogens is 218 g/mol. The molecule has 0 spiro atoms. The van der Waals surface area contributed by atoms with Gasteiger partial charge >= 0.3 is 5.97 Å². The van der Waals surface area contributed by atoms with E-state index < -0.39 is 5.97 Å². The Balaban J connectivity index is 2.52. The predicted octanol–water partition coefficient (Wildman–Crippen LogP) is 1.99. The minimum absolute atomic E-state index is 0.190. The number of nitrogens with zero attached hydrogens (tertiary/aromatic N) is 1. The molecule has 17 heavy (non-hydrogen) atoms. The lowest BCUT2D eigenvalue weighted by atomic mass is 9.93. The average Bonchev–Trinajstić information content (AvgIpc) is 2.54. The molecule has 0 bridgehead atoms. The summed E-state index contributed by atoms with van der Waals surface area (Å²) in [5.74, 6) is -0.819. The Morgan fingerprint density at radius 3 is 2.71 bits per heavy atom. The summed E-state index contributed by atoms with van der Waals surface area (Å²) in [4.78, 5) is 13.5. The predicted molar refractivity (Wildman–Crippen MR) is 67.1 cm³/mol. The van der Waals surface area contributed by atoms with Gasteiger partial charge in [-0.05, 0) is 26.3 Å². The molecule has 0 aromatic carbocycles. The Labute approximate surface area is 104 Å². The van der Waals surface area contributed by atoms with Gasteiger partial charge in [0.1, 0.15) is 0 Å². The van der Waals surface area contributed by atoms with Crippen molar-refractivity contribution in [2.75, 3.05) is 27.3 Å². The number of hydrogen-bond donors (Lipinski definition) is 1. The van der Waals surface area contributed by atoms with Gasteiger partial charge in [0, 0.05) is 26.3 Å². The summed E-state index contributed by atoms with van der Waals surface area (Å²) in [6.45, 7) is 1.66. The van der Waals surface area contributed by atoms with Crippen molar-refractivity contribution in [3.8, 4) is 0 Å². The fourth-order valence-electron chi connectivity index (χ4n) is 2.73. The summed E-state index contributed by atoms with van der Waals surface area (Å²) in [5, 5.41) is 9.30. The van der Waals surface area contributed by atoms with E-state index in [0.29, 0.717) is 0 Å². The van der Waals surface area contributed by atoms with E-state index in [4.69, 9.17) is 4.74 Å². The van der Waals surface area contributed by atoms with Crippen LogP contribution in [0.15, 0.2) is 0 Å². The van der Waals surface area contributed by atoms with Crippen molar-refractivity contribution in [1.82, 2.24) is 4.90 Å². The largest absolute Gasteiger partial charge is 0.481 e. The minimum Gasteiger partial charge on any atom is -0.481 e. The first-order chi connectivity index (χ1) is 8.16. The van der Waals surface area contributed by atoms with Crippen LogP contribution in [0.4, 0.5) is 0 Å². The fraction of sp³-hybridized carbons (Fsp3) is 0.923. The Morgan fingerprint density at radius 1 is 1.35 bits per heavy atom. The van der Waals surface area contributed by atoms with Crippen molar-refractivity contribution in [1.29, 1.82) is 0 Å². The zero-order valence-electron chi connectivity index (χ0n) is 11.0. The first-order valence-corrected chi connectivity index (χ1v) is 6.58. The molecule has 1 fully saturated rings. The quantitative estimate of drug-likeness (QED) is 0.572. The number of methoxy groups -OCH3 is 1. The highest BCUT2D eigenvalue weighted by atomic mass is 16.5. The maximum absolute atomic E-state index is 11.3. The van der Waals surface area contributed by atoms with Crippen LogP contribution in [0.5, 0.6) is 0 Å². The van der Waals surface area contributed by atoms with E-state index in [9.17, 15) is 9.90 Å². The lowest BCUT2D eigenvalue weighted by molar-refractivity contribution is -0.144. The first kappa shape index (κ1) is 14.5. The van der Waals surface area contributed by atoms with E-state index in [-0.39, 0.29) is 12.0 Å². The van der Waals surface area contributed by atoms with Crippen LogP contribution < -0.4 is 0 Å². The molecule has 1 aliphatic carbocycles. The second-order valence-corrected chi connectivity index (χ2v) is 4.98. The van der Waals surface area contributed by atoms with E-state index in [1.807, 2.05) is 7.05 Å². The Kier molecular flexibility index (Phi) is 6.52. The van der Waals surface area contributed by atoms with Crippen LogP contribution in [0.2, 0.25) is 0 Å². The Bertz CT molecular complexity index is 233. The van der Waals surface area contributed by atoms with Crippen molar-refractivity contribution >= 4 is 5.97 Å². The van der Waals surface area contributed by atoms with E-state index in [0.717, 1.165) is 45.3 Å². The van der Waals surface area contributed by atoms with Crippen LogP contribution >= 0.6 is 0 Å². The van der Waals surface area contributed by atoms with Crippen molar-refractivity contribution in [3.63, 3.8) is 0 Å². The van der Waals surface area contributed by atoms with Gasteiger partial charge in [0.2, 0.25) is 0 Å². The number of carbonyl (C=O) groups is 1. The summed E-state index contributed by atoms with van der Waals surface area (Å²) in [5.41, 5.74) is 0. The molecule has 0 amide bonds. The molecule has 100 valence electrons. The zero-order valence-corrected chi connectivity index (χ0v) is 11.0. The van der Waals surface area contributed by atoms with Gasteiger partial charge in [-0.25, -0.2) is 0 Å². The molecule has 0 radical (unpaired) electrons. The maximum Gasteiger partial charge on any atom is 0.308 e. The van der Waals surface area contributed by atoms with E-state index >= 15 is 0 Å². The molecule has 2 unspecified atom stereocenters. The summed E-state index contributed by atoms with van der Waals surface area (Å²) >= 11 is 0. The monoisotopic (exact) mass is 243 g/mol. The van der Waals surface area contributed by atoms with Crippen molar-refractivity contribution in [2.45, 2.75) is 44.6 Å². The highest BCUT2D eigenvalue weighted by molar-refractivity contribution is 5.70. The summed E-state index contributed by atoms with van der Waals surface area (Å²) in [6.07, 6.45) is 6.19. The lowest BCUT2D eigenvalue weighted by Gasteiger charge is -2.31. The molecule has 4 heteroatoms. The van der Waals surface area contributed by atoms with Gasteiger partial charge in [0.25, 0.3) is 0 Å². The smallest absolute Gasteiger partial charge is 0.308 e. The summed E-state index contributed by atoms with van der Waals surface area (Å²) < 4.78 is 5.04. The molecular formula is C13H25NO3. The molecule has 4 nitrogen and oxygen atoms in total. The summed E-state index contributed by atoms with van der Waals surface area (Å²) in [6, 6.07) is 0.201. The number of rotatable bonds is 6. The molecule has 0 aliphatic heterocycles. The second kappa shape index (κ2) is 7.67. The molecule has 1 aliphatic rings. The molecule has 0 aromatic heterocycles. The third-order valence-corrected chi connectivity index (χ3v) is 3.72. The van der Waals surface area contributed by atoms with Crippen LogP contribution in [-0.2, 0) is 9.53 Å². The van der Waals surface area contributed by atoms with Crippen LogP contribution in [0.3, 0.4) is 0 Å². The summed E-state index contributed by atoms with van der Waals surface area (Å²) in [7, 11) is 3.74. The van der Waals surface area contributed by atoms with Gasteiger partial charge in [-0.15, -0.1) is 0 Å². The van der Waals surface area contributed by atoms with Crippen molar-refractivity contribution in [3.05, 3.63) is 0 Å². The van der Waals surface area contributed by atoms with Crippen LogP contribution in [0, 0.1) is 5.92 Å². The third-order valence-electron chi connectivity index (χ3n) is 3.72. The van der Waals surface area contributed by atoms with Gasteiger partial charge < -0.3 is 14.7 Å². The third kappa shape index (κ3) is 4.64. The van der Waals surface area contributed by atoms with E-state index in [1.165, 1.54) is 6.42 Å². The molecule has 1 N–H and O–H groups in total. The standard InChI is InChI=1S/C13H25NO3/c1-14(9-6-10-17-2)12-8-5-3-4-7-11(12)13(15)16/h11-12H,3-10H2,1-2H3,(H,15,16).